The first kappa shape index (κ1) is 27.3. The minimum atomic E-state index is 0.780. The number of benzene rings is 5. The van der Waals surface area contributed by atoms with Crippen molar-refractivity contribution in [1.82, 2.24) is 19.9 Å². The van der Waals surface area contributed by atoms with Gasteiger partial charge in [0.15, 0.2) is 0 Å². The fourth-order valence-corrected chi connectivity index (χ4v) is 5.88. The van der Waals surface area contributed by atoms with Crippen LogP contribution in [-0.2, 0) is 0 Å². The first-order valence-corrected chi connectivity index (χ1v) is 15.3. The molecule has 5 aromatic carbocycles. The van der Waals surface area contributed by atoms with Crippen LogP contribution in [0.2, 0.25) is 0 Å². The minimum absolute atomic E-state index is 0.780. The van der Waals surface area contributed by atoms with Crippen LogP contribution in [0.3, 0.4) is 0 Å². The number of hydrogen-bond donors (Lipinski definition) is 0. The Morgan fingerprint density at radius 1 is 0.283 bits per heavy atom. The average molecular weight is 589 g/mol. The third-order valence-electron chi connectivity index (χ3n) is 8.24. The molecule has 3 heterocycles. The van der Waals surface area contributed by atoms with Gasteiger partial charge in [-0.3, -0.25) is 9.97 Å². The van der Waals surface area contributed by atoms with E-state index in [9.17, 15) is 0 Å². The number of hydrogen-bond acceptors (Lipinski definition) is 4. The van der Waals surface area contributed by atoms with Crippen LogP contribution in [-0.4, -0.2) is 19.9 Å². The summed E-state index contributed by atoms with van der Waals surface area (Å²) < 4.78 is 0. The molecule has 0 saturated heterocycles. The molecule has 0 radical (unpaired) electrons. The molecule has 0 saturated carbocycles. The van der Waals surface area contributed by atoms with Gasteiger partial charge in [-0.05, 0) is 45.7 Å². The van der Waals surface area contributed by atoms with E-state index < -0.39 is 0 Å². The molecule has 3 aromatic heterocycles. The fourth-order valence-electron chi connectivity index (χ4n) is 5.88. The number of fused-ring (bicyclic) bond motifs is 1. The lowest BCUT2D eigenvalue weighted by Crippen LogP contribution is -2.01. The van der Waals surface area contributed by atoms with E-state index in [4.69, 9.17) is 15.0 Å². The zero-order valence-corrected chi connectivity index (χ0v) is 25.0. The molecule has 0 N–H and O–H groups in total. The molecule has 0 amide bonds. The van der Waals surface area contributed by atoms with Crippen molar-refractivity contribution < 1.29 is 0 Å². The van der Waals surface area contributed by atoms with Crippen LogP contribution in [0.15, 0.2) is 170 Å². The van der Waals surface area contributed by atoms with Gasteiger partial charge in [0, 0.05) is 52.6 Å². The molecule has 4 nitrogen and oxygen atoms in total. The summed E-state index contributed by atoms with van der Waals surface area (Å²) >= 11 is 0. The van der Waals surface area contributed by atoms with Gasteiger partial charge >= 0.3 is 0 Å². The lowest BCUT2D eigenvalue weighted by atomic mass is 9.97. The molecule has 4 heteroatoms. The molecule has 8 aromatic rings. The summed E-state index contributed by atoms with van der Waals surface area (Å²) in [6, 6.07) is 50.2. The fraction of sp³-hybridized carbons (Fsp3) is 0. The third-order valence-corrected chi connectivity index (χ3v) is 8.24. The van der Waals surface area contributed by atoms with Gasteiger partial charge in [-0.2, -0.15) is 0 Å². The number of nitrogens with zero attached hydrogens (tertiary/aromatic N) is 4. The lowest BCUT2D eigenvalue weighted by Gasteiger charge is -2.16. The van der Waals surface area contributed by atoms with E-state index in [1.165, 1.54) is 10.8 Å². The second-order valence-electron chi connectivity index (χ2n) is 11.2. The predicted octanol–water partition coefficient (Wildman–Crippen LogP) is 10.4. The van der Waals surface area contributed by atoms with Crippen molar-refractivity contribution in [3.05, 3.63) is 170 Å². The van der Waals surface area contributed by atoms with Gasteiger partial charge in [0.2, 0.25) is 0 Å². The summed E-state index contributed by atoms with van der Waals surface area (Å²) in [5.74, 6) is 0. The zero-order valence-electron chi connectivity index (χ0n) is 25.0. The van der Waals surface area contributed by atoms with Crippen LogP contribution in [0.25, 0.3) is 78.1 Å². The monoisotopic (exact) mass is 588 g/mol. The highest BCUT2D eigenvalue weighted by atomic mass is 14.9. The number of pyridine rings is 2. The molecule has 0 aliphatic heterocycles. The lowest BCUT2D eigenvalue weighted by molar-refractivity contribution is 1.20. The van der Waals surface area contributed by atoms with Crippen LogP contribution < -0.4 is 0 Å². The summed E-state index contributed by atoms with van der Waals surface area (Å²) in [6.07, 6.45) is 7.48. The Bertz CT molecular complexity index is 2280. The molecule has 0 atom stereocenters. The first-order valence-electron chi connectivity index (χ1n) is 15.3. The standard InChI is InChI=1S/C42H28N4/c1-3-11-31(12-4-1)39-40(32-13-5-2-6-14-32)46-42(41(45-39)33-20-17-30(18-21-33)36-16-9-23-43-26-36)38-25-37(27-44-28-38)35-22-19-29-10-7-8-15-34(29)24-35/h1-28H. The van der Waals surface area contributed by atoms with Gasteiger partial charge in [-0.25, -0.2) is 9.97 Å². The molecule has 0 unspecified atom stereocenters. The van der Waals surface area contributed by atoms with Gasteiger partial charge in [0.05, 0.1) is 22.8 Å². The van der Waals surface area contributed by atoms with E-state index in [2.05, 4.69) is 108 Å². The van der Waals surface area contributed by atoms with Gasteiger partial charge in [0.25, 0.3) is 0 Å². The van der Waals surface area contributed by atoms with Crippen LogP contribution in [0, 0.1) is 0 Å². The SMILES string of the molecule is c1ccc(-c2nc(-c3ccc(-c4cccnc4)cc3)c(-c3cncc(-c4ccc5ccccc5c4)c3)nc2-c2ccccc2)cc1. The van der Waals surface area contributed by atoms with Crippen LogP contribution in [0.4, 0.5) is 0 Å². The van der Waals surface area contributed by atoms with E-state index >= 15 is 0 Å². The quantitative estimate of drug-likeness (QED) is 0.194. The molecule has 0 bridgehead atoms. The summed E-state index contributed by atoms with van der Waals surface area (Å²) in [7, 11) is 0. The van der Waals surface area contributed by atoms with Gasteiger partial charge in [-0.1, -0.05) is 127 Å². The van der Waals surface area contributed by atoms with Crippen molar-refractivity contribution in [2.24, 2.45) is 0 Å². The Hall–Kier alpha value is -6.26. The molecule has 0 fully saturated rings. The third kappa shape index (κ3) is 5.33. The summed E-state index contributed by atoms with van der Waals surface area (Å²) in [4.78, 5) is 19.8. The Labute approximate surface area is 267 Å². The van der Waals surface area contributed by atoms with E-state index in [0.717, 1.165) is 67.3 Å². The Balaban J connectivity index is 1.34. The molecule has 0 aliphatic rings. The zero-order chi connectivity index (χ0) is 30.7. The summed E-state index contributed by atoms with van der Waals surface area (Å²) in [5.41, 5.74) is 11.4. The van der Waals surface area contributed by atoms with E-state index in [1.807, 2.05) is 61.1 Å². The van der Waals surface area contributed by atoms with Gasteiger partial charge < -0.3 is 0 Å². The maximum Gasteiger partial charge on any atom is 0.0989 e. The van der Waals surface area contributed by atoms with E-state index in [-0.39, 0.29) is 0 Å². The molecular formula is C42H28N4. The number of aromatic nitrogens is 4. The van der Waals surface area contributed by atoms with Crippen molar-refractivity contribution in [1.29, 1.82) is 0 Å². The maximum atomic E-state index is 5.42. The summed E-state index contributed by atoms with van der Waals surface area (Å²) in [5, 5.41) is 2.40. The highest BCUT2D eigenvalue weighted by Crippen LogP contribution is 2.38. The molecular weight excluding hydrogens is 560 g/mol. The molecule has 8 rings (SSSR count). The highest BCUT2D eigenvalue weighted by Gasteiger charge is 2.20. The largest absolute Gasteiger partial charge is 0.264 e. The van der Waals surface area contributed by atoms with E-state index in [1.54, 1.807) is 6.20 Å². The van der Waals surface area contributed by atoms with Gasteiger partial charge in [-0.15, -0.1) is 0 Å². The van der Waals surface area contributed by atoms with Crippen molar-refractivity contribution in [2.75, 3.05) is 0 Å². The van der Waals surface area contributed by atoms with Crippen molar-refractivity contribution in [3.63, 3.8) is 0 Å². The molecule has 216 valence electrons. The van der Waals surface area contributed by atoms with Crippen molar-refractivity contribution in [3.8, 4) is 67.3 Å². The topological polar surface area (TPSA) is 51.6 Å². The van der Waals surface area contributed by atoms with Crippen molar-refractivity contribution in [2.45, 2.75) is 0 Å². The Morgan fingerprint density at radius 3 is 1.43 bits per heavy atom. The first-order chi connectivity index (χ1) is 22.8. The maximum absolute atomic E-state index is 5.42. The van der Waals surface area contributed by atoms with Crippen LogP contribution >= 0.6 is 0 Å². The Kier molecular flexibility index (Phi) is 7.14. The van der Waals surface area contributed by atoms with Crippen LogP contribution in [0.1, 0.15) is 0 Å². The van der Waals surface area contributed by atoms with Gasteiger partial charge in [0.1, 0.15) is 0 Å². The molecule has 0 spiro atoms. The second kappa shape index (κ2) is 12.0. The molecule has 0 aliphatic carbocycles. The molecule has 46 heavy (non-hydrogen) atoms. The van der Waals surface area contributed by atoms with Crippen LogP contribution in [0.5, 0.6) is 0 Å². The smallest absolute Gasteiger partial charge is 0.0989 e. The minimum Gasteiger partial charge on any atom is -0.264 e. The normalized spacial score (nSPS) is 11.0. The highest BCUT2D eigenvalue weighted by molar-refractivity contribution is 5.90. The van der Waals surface area contributed by atoms with E-state index in [0.29, 0.717) is 0 Å². The second-order valence-corrected chi connectivity index (χ2v) is 11.2. The average Bonchev–Trinajstić information content (AvgIpc) is 3.15. The number of rotatable bonds is 6. The Morgan fingerprint density at radius 2 is 0.783 bits per heavy atom. The van der Waals surface area contributed by atoms with Crippen molar-refractivity contribution >= 4 is 10.8 Å². The predicted molar refractivity (Wildman–Crippen MR) is 188 cm³/mol. The summed E-state index contributed by atoms with van der Waals surface area (Å²) in [6.45, 7) is 0.